The van der Waals surface area contributed by atoms with E-state index in [4.69, 9.17) is 5.73 Å². The van der Waals surface area contributed by atoms with Crippen molar-refractivity contribution in [1.29, 1.82) is 0 Å². The number of rotatable bonds is 3. The number of nitrogens with two attached hydrogens (primary N) is 1. The van der Waals surface area contributed by atoms with Crippen molar-refractivity contribution < 1.29 is 0 Å². The number of thiophene rings is 1. The van der Waals surface area contributed by atoms with Gasteiger partial charge in [-0.1, -0.05) is 13.3 Å². The normalized spacial score (nSPS) is 31.7. The largest absolute Gasteiger partial charge is 0.327 e. The van der Waals surface area contributed by atoms with Crippen LogP contribution in [-0.2, 0) is 0 Å². The second-order valence-corrected chi connectivity index (χ2v) is 5.24. The number of hydrogen-bond donors (Lipinski definition) is 2. The molecule has 3 unspecified atom stereocenters. The highest BCUT2D eigenvalue weighted by Crippen LogP contribution is 2.31. The van der Waals surface area contributed by atoms with Crippen molar-refractivity contribution in [1.82, 2.24) is 5.32 Å². The van der Waals surface area contributed by atoms with Gasteiger partial charge in [-0.05, 0) is 35.2 Å². The van der Waals surface area contributed by atoms with Crippen LogP contribution in [0.2, 0.25) is 0 Å². The van der Waals surface area contributed by atoms with Crippen LogP contribution in [0.1, 0.15) is 37.7 Å². The standard InChI is InChI=1S/C12H20N2S/c1-2-3-12-11(6-10(13)7-14-12)9-4-5-15-8-9/h4-5,8,10-12,14H,2-3,6-7,13H2,1H3. The van der Waals surface area contributed by atoms with Gasteiger partial charge in [-0.2, -0.15) is 11.3 Å². The van der Waals surface area contributed by atoms with E-state index in [1.807, 2.05) is 0 Å². The zero-order valence-electron chi connectivity index (χ0n) is 9.28. The Kier molecular flexibility index (Phi) is 3.78. The van der Waals surface area contributed by atoms with Crippen molar-refractivity contribution in [3.05, 3.63) is 22.4 Å². The lowest BCUT2D eigenvalue weighted by Gasteiger charge is -2.35. The number of hydrogen-bond acceptors (Lipinski definition) is 3. The number of piperidine rings is 1. The molecular formula is C12H20N2S. The molecule has 0 spiro atoms. The van der Waals surface area contributed by atoms with Crippen LogP contribution < -0.4 is 11.1 Å². The molecule has 0 aromatic carbocycles. The Morgan fingerprint density at radius 1 is 1.60 bits per heavy atom. The molecule has 0 aliphatic carbocycles. The molecule has 1 saturated heterocycles. The summed E-state index contributed by atoms with van der Waals surface area (Å²) in [5.74, 6) is 0.625. The molecule has 15 heavy (non-hydrogen) atoms. The minimum absolute atomic E-state index is 0.322. The third-order valence-electron chi connectivity index (χ3n) is 3.26. The molecular weight excluding hydrogens is 204 g/mol. The molecule has 1 aromatic rings. The quantitative estimate of drug-likeness (QED) is 0.827. The molecule has 1 fully saturated rings. The number of nitrogens with one attached hydrogen (secondary N) is 1. The van der Waals surface area contributed by atoms with Crippen molar-refractivity contribution >= 4 is 11.3 Å². The lowest BCUT2D eigenvalue weighted by atomic mass is 9.82. The van der Waals surface area contributed by atoms with E-state index < -0.39 is 0 Å². The smallest absolute Gasteiger partial charge is 0.0171 e. The first-order valence-electron chi connectivity index (χ1n) is 5.82. The first-order valence-corrected chi connectivity index (χ1v) is 6.76. The first-order chi connectivity index (χ1) is 7.31. The zero-order chi connectivity index (χ0) is 10.7. The fourth-order valence-corrected chi connectivity index (χ4v) is 3.21. The van der Waals surface area contributed by atoms with Crippen molar-refractivity contribution in [2.45, 2.75) is 44.2 Å². The Morgan fingerprint density at radius 3 is 3.13 bits per heavy atom. The molecule has 2 heterocycles. The van der Waals surface area contributed by atoms with Gasteiger partial charge in [0.25, 0.3) is 0 Å². The second-order valence-electron chi connectivity index (χ2n) is 4.46. The zero-order valence-corrected chi connectivity index (χ0v) is 10.1. The summed E-state index contributed by atoms with van der Waals surface area (Å²) in [7, 11) is 0. The lowest BCUT2D eigenvalue weighted by molar-refractivity contribution is 0.306. The Balaban J connectivity index is 2.09. The van der Waals surface area contributed by atoms with Gasteiger partial charge in [-0.25, -0.2) is 0 Å². The Morgan fingerprint density at radius 2 is 2.47 bits per heavy atom. The van der Waals surface area contributed by atoms with E-state index in [-0.39, 0.29) is 0 Å². The summed E-state index contributed by atoms with van der Waals surface area (Å²) in [6.45, 7) is 3.23. The minimum Gasteiger partial charge on any atom is -0.327 e. The van der Waals surface area contributed by atoms with Gasteiger partial charge < -0.3 is 11.1 Å². The third-order valence-corrected chi connectivity index (χ3v) is 3.96. The first kappa shape index (κ1) is 11.1. The molecule has 3 heteroatoms. The average Bonchev–Trinajstić information content (AvgIpc) is 2.74. The Labute approximate surface area is 95.9 Å². The highest BCUT2D eigenvalue weighted by Gasteiger charge is 2.29. The van der Waals surface area contributed by atoms with E-state index in [0.29, 0.717) is 18.0 Å². The fourth-order valence-electron chi connectivity index (χ4n) is 2.49. The molecule has 3 atom stereocenters. The highest BCUT2D eigenvalue weighted by molar-refractivity contribution is 7.07. The minimum atomic E-state index is 0.322. The van der Waals surface area contributed by atoms with Gasteiger partial charge in [0.2, 0.25) is 0 Å². The molecule has 2 rings (SSSR count). The monoisotopic (exact) mass is 224 g/mol. The summed E-state index contributed by atoms with van der Waals surface area (Å²) >= 11 is 1.79. The third kappa shape index (κ3) is 2.60. The molecule has 3 N–H and O–H groups in total. The van der Waals surface area contributed by atoms with Crippen molar-refractivity contribution in [3.8, 4) is 0 Å². The molecule has 1 aliphatic rings. The summed E-state index contributed by atoms with van der Waals surface area (Å²) in [6, 6.07) is 3.20. The molecule has 0 saturated carbocycles. The lowest BCUT2D eigenvalue weighted by Crippen LogP contribution is -2.49. The van der Waals surface area contributed by atoms with Crippen LogP contribution in [-0.4, -0.2) is 18.6 Å². The van der Waals surface area contributed by atoms with E-state index in [9.17, 15) is 0 Å². The van der Waals surface area contributed by atoms with Crippen molar-refractivity contribution in [2.75, 3.05) is 6.54 Å². The van der Waals surface area contributed by atoms with Gasteiger partial charge >= 0.3 is 0 Å². The van der Waals surface area contributed by atoms with Gasteiger partial charge in [0.15, 0.2) is 0 Å². The van der Waals surface area contributed by atoms with E-state index in [2.05, 4.69) is 29.1 Å². The molecule has 84 valence electrons. The van der Waals surface area contributed by atoms with Gasteiger partial charge in [0.05, 0.1) is 0 Å². The molecule has 0 bridgehead atoms. The van der Waals surface area contributed by atoms with Crippen LogP contribution in [0.15, 0.2) is 16.8 Å². The average molecular weight is 224 g/mol. The van der Waals surface area contributed by atoms with Crippen LogP contribution in [0.5, 0.6) is 0 Å². The topological polar surface area (TPSA) is 38.0 Å². The van der Waals surface area contributed by atoms with Crippen molar-refractivity contribution in [3.63, 3.8) is 0 Å². The summed E-state index contributed by atoms with van der Waals surface area (Å²) in [6.07, 6.45) is 3.63. The van der Waals surface area contributed by atoms with Crippen LogP contribution >= 0.6 is 11.3 Å². The molecule has 2 nitrogen and oxygen atoms in total. The van der Waals surface area contributed by atoms with Gasteiger partial charge in [0, 0.05) is 24.5 Å². The molecule has 1 aromatic heterocycles. The predicted octanol–water partition coefficient (Wildman–Crippen LogP) is 2.32. The van der Waals surface area contributed by atoms with E-state index in [1.54, 1.807) is 11.3 Å². The summed E-state index contributed by atoms with van der Waals surface area (Å²) < 4.78 is 0. The maximum Gasteiger partial charge on any atom is 0.0171 e. The van der Waals surface area contributed by atoms with Gasteiger partial charge in [0.1, 0.15) is 0 Å². The Hall–Kier alpha value is -0.380. The van der Waals surface area contributed by atoms with Crippen LogP contribution in [0.4, 0.5) is 0 Å². The maximum atomic E-state index is 6.03. The van der Waals surface area contributed by atoms with Crippen LogP contribution in [0.3, 0.4) is 0 Å². The SMILES string of the molecule is CCCC1NCC(N)CC1c1ccsc1. The Bertz CT molecular complexity index is 284. The van der Waals surface area contributed by atoms with E-state index >= 15 is 0 Å². The predicted molar refractivity (Wildman–Crippen MR) is 66.4 cm³/mol. The highest BCUT2D eigenvalue weighted by atomic mass is 32.1. The van der Waals surface area contributed by atoms with Crippen LogP contribution in [0.25, 0.3) is 0 Å². The second kappa shape index (κ2) is 5.10. The van der Waals surface area contributed by atoms with Gasteiger partial charge in [-0.15, -0.1) is 0 Å². The van der Waals surface area contributed by atoms with Crippen molar-refractivity contribution in [2.24, 2.45) is 5.73 Å². The maximum absolute atomic E-state index is 6.03. The van der Waals surface area contributed by atoms with Gasteiger partial charge in [-0.3, -0.25) is 0 Å². The van der Waals surface area contributed by atoms with E-state index in [0.717, 1.165) is 13.0 Å². The molecule has 1 aliphatic heterocycles. The summed E-state index contributed by atoms with van der Waals surface area (Å²) in [5.41, 5.74) is 7.50. The summed E-state index contributed by atoms with van der Waals surface area (Å²) in [4.78, 5) is 0. The molecule has 0 amide bonds. The van der Waals surface area contributed by atoms with Crippen LogP contribution in [0, 0.1) is 0 Å². The fraction of sp³-hybridized carbons (Fsp3) is 0.667. The molecule has 0 radical (unpaired) electrons. The van der Waals surface area contributed by atoms with E-state index in [1.165, 1.54) is 18.4 Å². The summed E-state index contributed by atoms with van der Waals surface area (Å²) in [5, 5.41) is 8.02.